The first-order valence-corrected chi connectivity index (χ1v) is 11.5. The van der Waals surface area contributed by atoms with Crippen molar-refractivity contribution in [3.05, 3.63) is 101 Å². The number of aliphatic hydroxyl groups is 1. The lowest BCUT2D eigenvalue weighted by molar-refractivity contribution is -0.140. The van der Waals surface area contributed by atoms with E-state index in [1.54, 1.807) is 55.9 Å². The highest BCUT2D eigenvalue weighted by atomic mass is 16.5. The van der Waals surface area contributed by atoms with E-state index < -0.39 is 17.7 Å². The molecule has 0 unspecified atom stereocenters. The molecule has 180 valence electrons. The van der Waals surface area contributed by atoms with Gasteiger partial charge < -0.3 is 19.5 Å². The van der Waals surface area contributed by atoms with E-state index in [0.29, 0.717) is 43.1 Å². The van der Waals surface area contributed by atoms with Crippen LogP contribution in [0.25, 0.3) is 5.76 Å². The fourth-order valence-electron chi connectivity index (χ4n) is 4.22. The average molecular weight is 473 g/mol. The summed E-state index contributed by atoms with van der Waals surface area (Å²) in [4.78, 5) is 31.4. The topological polar surface area (TPSA) is 89.0 Å². The summed E-state index contributed by atoms with van der Waals surface area (Å²) in [5, 5.41) is 11.2. The lowest BCUT2D eigenvalue weighted by Gasteiger charge is -2.25. The van der Waals surface area contributed by atoms with Crippen molar-refractivity contribution in [3.63, 3.8) is 0 Å². The van der Waals surface area contributed by atoms with Crippen LogP contribution in [0.5, 0.6) is 5.75 Å². The molecule has 2 aromatic carbocycles. The summed E-state index contributed by atoms with van der Waals surface area (Å²) in [6, 6.07) is 17.7. The maximum absolute atomic E-state index is 13.0. The molecule has 1 N–H and O–H groups in total. The number of methoxy groups -OCH3 is 1. The molecule has 1 atom stereocenters. The predicted molar refractivity (Wildman–Crippen MR) is 132 cm³/mol. The van der Waals surface area contributed by atoms with E-state index in [4.69, 9.17) is 9.47 Å². The van der Waals surface area contributed by atoms with Gasteiger partial charge in [-0.25, -0.2) is 0 Å². The monoisotopic (exact) mass is 472 g/mol. The lowest BCUT2D eigenvalue weighted by atomic mass is 9.96. The highest BCUT2D eigenvalue weighted by molar-refractivity contribution is 6.46. The van der Waals surface area contributed by atoms with Crippen molar-refractivity contribution in [2.24, 2.45) is 0 Å². The standard InChI is InChI=1S/C28H28N2O5/c1-19-5-3-6-20(17-19)18-35-23-9-7-22(8-10-23)26(31)24-25(21-11-13-29-14-12-21)30(15-4-16-34-2)28(33)27(24)32/h3,5-14,17,25,31H,4,15-16,18H2,1-2H3/b26-24+/t25-/m0/s1. The fourth-order valence-corrected chi connectivity index (χ4v) is 4.22. The number of hydrogen-bond donors (Lipinski definition) is 1. The minimum atomic E-state index is -0.707. The van der Waals surface area contributed by atoms with E-state index in [1.807, 2.05) is 25.1 Å². The van der Waals surface area contributed by atoms with Gasteiger partial charge in [0.2, 0.25) is 0 Å². The van der Waals surface area contributed by atoms with Crippen LogP contribution in [0.4, 0.5) is 0 Å². The molecule has 1 aliphatic heterocycles. The van der Waals surface area contributed by atoms with Gasteiger partial charge in [0.05, 0.1) is 11.6 Å². The molecular formula is C28H28N2O5. The van der Waals surface area contributed by atoms with Gasteiger partial charge in [-0.05, 0) is 60.9 Å². The molecule has 7 heteroatoms. The Morgan fingerprint density at radius 3 is 2.49 bits per heavy atom. The van der Waals surface area contributed by atoms with E-state index in [2.05, 4.69) is 11.1 Å². The molecule has 1 fully saturated rings. The van der Waals surface area contributed by atoms with E-state index in [9.17, 15) is 14.7 Å². The van der Waals surface area contributed by atoms with Gasteiger partial charge in [0.15, 0.2) is 0 Å². The minimum Gasteiger partial charge on any atom is -0.507 e. The zero-order valence-corrected chi connectivity index (χ0v) is 19.8. The van der Waals surface area contributed by atoms with Crippen LogP contribution in [0.3, 0.4) is 0 Å². The summed E-state index contributed by atoms with van der Waals surface area (Å²) in [7, 11) is 1.59. The van der Waals surface area contributed by atoms with Gasteiger partial charge in [0, 0.05) is 38.2 Å². The van der Waals surface area contributed by atoms with Crippen LogP contribution >= 0.6 is 0 Å². The Labute approximate surface area is 204 Å². The number of Topliss-reactive ketones (excluding diaryl/α,β-unsaturated/α-hetero) is 1. The van der Waals surface area contributed by atoms with Crippen molar-refractivity contribution < 1.29 is 24.2 Å². The van der Waals surface area contributed by atoms with E-state index in [0.717, 1.165) is 11.1 Å². The highest BCUT2D eigenvalue weighted by Gasteiger charge is 2.45. The Bertz CT molecular complexity index is 1220. The third kappa shape index (κ3) is 5.41. The van der Waals surface area contributed by atoms with Crippen molar-refractivity contribution >= 4 is 17.4 Å². The van der Waals surface area contributed by atoms with E-state index in [1.165, 1.54) is 4.90 Å². The number of benzene rings is 2. The summed E-state index contributed by atoms with van der Waals surface area (Å²) in [6.07, 6.45) is 3.77. The molecule has 2 heterocycles. The van der Waals surface area contributed by atoms with Gasteiger partial charge in [-0.3, -0.25) is 14.6 Å². The molecule has 0 aliphatic carbocycles. The number of amides is 1. The maximum atomic E-state index is 13.0. The lowest BCUT2D eigenvalue weighted by Crippen LogP contribution is -2.31. The van der Waals surface area contributed by atoms with Gasteiger partial charge in [-0.2, -0.15) is 0 Å². The summed E-state index contributed by atoms with van der Waals surface area (Å²) >= 11 is 0. The molecule has 4 rings (SSSR count). The molecule has 0 saturated carbocycles. The van der Waals surface area contributed by atoms with Gasteiger partial charge in [0.1, 0.15) is 18.1 Å². The second kappa shape index (κ2) is 11.0. The Morgan fingerprint density at radius 2 is 1.80 bits per heavy atom. The molecule has 3 aromatic rings. The largest absolute Gasteiger partial charge is 0.507 e. The van der Waals surface area contributed by atoms with Crippen LogP contribution < -0.4 is 4.74 Å². The Hall–Kier alpha value is -3.97. The Morgan fingerprint density at radius 1 is 1.06 bits per heavy atom. The molecule has 0 radical (unpaired) electrons. The number of rotatable bonds is 9. The van der Waals surface area contributed by atoms with Crippen LogP contribution in [0.2, 0.25) is 0 Å². The number of likely N-dealkylation sites (tertiary alicyclic amines) is 1. The number of hydrogen-bond acceptors (Lipinski definition) is 6. The molecule has 0 bridgehead atoms. The Balaban J connectivity index is 1.61. The van der Waals surface area contributed by atoms with Gasteiger partial charge in [-0.15, -0.1) is 0 Å². The maximum Gasteiger partial charge on any atom is 0.295 e. The van der Waals surface area contributed by atoms with Crippen LogP contribution in [0.15, 0.2) is 78.6 Å². The number of ketones is 1. The number of ether oxygens (including phenoxy) is 2. The summed E-state index contributed by atoms with van der Waals surface area (Å²) < 4.78 is 11.0. The molecular weight excluding hydrogens is 444 g/mol. The first-order chi connectivity index (χ1) is 17.0. The zero-order valence-electron chi connectivity index (χ0n) is 19.8. The fraction of sp³-hybridized carbons (Fsp3) is 0.250. The third-order valence-corrected chi connectivity index (χ3v) is 5.93. The quantitative estimate of drug-likeness (QED) is 0.215. The number of pyridine rings is 1. The van der Waals surface area contributed by atoms with Crippen LogP contribution in [-0.4, -0.2) is 46.9 Å². The second-order valence-electron chi connectivity index (χ2n) is 8.42. The number of aliphatic hydroxyl groups excluding tert-OH is 1. The zero-order chi connectivity index (χ0) is 24.8. The molecule has 1 amide bonds. The van der Waals surface area contributed by atoms with Crippen molar-refractivity contribution in [2.45, 2.75) is 26.0 Å². The Kier molecular flexibility index (Phi) is 7.57. The number of carbonyl (C=O) groups excluding carboxylic acids is 2. The smallest absolute Gasteiger partial charge is 0.295 e. The van der Waals surface area contributed by atoms with Crippen LogP contribution in [0, 0.1) is 6.92 Å². The molecule has 35 heavy (non-hydrogen) atoms. The normalized spacial score (nSPS) is 17.1. The summed E-state index contributed by atoms with van der Waals surface area (Å²) in [5.74, 6) is -0.928. The number of aryl methyl sites for hydroxylation is 1. The van der Waals surface area contributed by atoms with Gasteiger partial charge in [-0.1, -0.05) is 29.8 Å². The van der Waals surface area contributed by atoms with Crippen LogP contribution in [-0.2, 0) is 20.9 Å². The molecule has 0 spiro atoms. The third-order valence-electron chi connectivity index (χ3n) is 5.93. The van der Waals surface area contributed by atoms with Gasteiger partial charge in [0.25, 0.3) is 11.7 Å². The first kappa shape index (κ1) is 24.2. The molecule has 1 aromatic heterocycles. The number of nitrogens with zero attached hydrogens (tertiary/aromatic N) is 2. The molecule has 7 nitrogen and oxygen atoms in total. The van der Waals surface area contributed by atoms with Crippen molar-refractivity contribution in [1.82, 2.24) is 9.88 Å². The minimum absolute atomic E-state index is 0.0621. The summed E-state index contributed by atoms with van der Waals surface area (Å²) in [5.41, 5.74) is 3.42. The van der Waals surface area contributed by atoms with E-state index >= 15 is 0 Å². The van der Waals surface area contributed by atoms with Crippen LogP contribution in [0.1, 0.15) is 34.7 Å². The predicted octanol–water partition coefficient (Wildman–Crippen LogP) is 4.43. The first-order valence-electron chi connectivity index (χ1n) is 11.5. The SMILES string of the molecule is COCCCN1C(=O)C(=O)/C(=C(/O)c2ccc(OCc3cccc(C)c3)cc2)[C@@H]1c1ccncc1. The van der Waals surface area contributed by atoms with Crippen molar-refractivity contribution in [1.29, 1.82) is 0 Å². The van der Waals surface area contributed by atoms with E-state index in [-0.39, 0.29) is 11.3 Å². The average Bonchev–Trinajstić information content (AvgIpc) is 3.13. The number of carbonyl (C=O) groups is 2. The van der Waals surface area contributed by atoms with Gasteiger partial charge >= 0.3 is 0 Å². The van der Waals surface area contributed by atoms with Crippen molar-refractivity contribution in [2.75, 3.05) is 20.3 Å². The highest BCUT2D eigenvalue weighted by Crippen LogP contribution is 2.39. The second-order valence-corrected chi connectivity index (χ2v) is 8.42. The number of aromatic nitrogens is 1. The van der Waals surface area contributed by atoms with Crippen molar-refractivity contribution in [3.8, 4) is 5.75 Å². The summed E-state index contributed by atoms with van der Waals surface area (Å²) in [6.45, 7) is 3.23. The molecule has 1 saturated heterocycles. The molecule has 1 aliphatic rings.